The van der Waals surface area contributed by atoms with Crippen LogP contribution < -0.4 is 0 Å². The molecule has 1 unspecified atom stereocenters. The van der Waals surface area contributed by atoms with Gasteiger partial charge in [0.25, 0.3) is 0 Å². The van der Waals surface area contributed by atoms with E-state index in [0.717, 1.165) is 19.3 Å². The molecule has 168 valence electrons. The maximum Gasteiger partial charge on any atom is 0.460 e. The van der Waals surface area contributed by atoms with Gasteiger partial charge in [0.2, 0.25) is 0 Å². The minimum absolute atomic E-state index is 0.0237. The molecule has 0 aromatic heterocycles. The zero-order chi connectivity index (χ0) is 21.5. The third-order valence-electron chi connectivity index (χ3n) is 4.54. The molecule has 0 saturated carbocycles. The first-order chi connectivity index (χ1) is 12.8. The largest absolute Gasteiger partial charge is 0.460 e. The summed E-state index contributed by atoms with van der Waals surface area (Å²) in [5.41, 5.74) is 0. The van der Waals surface area contributed by atoms with Crippen molar-refractivity contribution in [1.82, 2.24) is 0 Å². The second kappa shape index (κ2) is 10.4. The van der Waals surface area contributed by atoms with Crippen molar-refractivity contribution >= 4 is 0 Å². The number of alkyl halides is 9. The predicted octanol–water partition coefficient (Wildman–Crippen LogP) is 6.73. The first-order valence-corrected chi connectivity index (χ1v) is 9.26. The molecule has 0 radical (unpaired) electrons. The summed E-state index contributed by atoms with van der Waals surface area (Å²) in [6.07, 6.45) is -4.09. The fraction of sp³-hybridized carbons (Fsp3) is 1.00. The molecule has 2 nitrogen and oxygen atoms in total. The monoisotopic (exact) mass is 432 g/mol. The van der Waals surface area contributed by atoms with E-state index in [0.29, 0.717) is 38.9 Å². The van der Waals surface area contributed by atoms with Crippen molar-refractivity contribution in [3.05, 3.63) is 0 Å². The van der Waals surface area contributed by atoms with Crippen LogP contribution in [0.15, 0.2) is 0 Å². The van der Waals surface area contributed by atoms with E-state index in [2.05, 4.69) is 0 Å². The number of ether oxygens (including phenoxy) is 2. The number of hydrogen-bond acceptors (Lipinski definition) is 2. The van der Waals surface area contributed by atoms with E-state index < -0.39 is 36.8 Å². The van der Waals surface area contributed by atoms with Gasteiger partial charge in [-0.3, -0.25) is 0 Å². The van der Waals surface area contributed by atoms with Gasteiger partial charge in [0.15, 0.2) is 6.29 Å². The van der Waals surface area contributed by atoms with Crippen molar-refractivity contribution in [2.24, 2.45) is 0 Å². The molecular weight excluding hydrogens is 407 g/mol. The highest BCUT2D eigenvalue weighted by Crippen LogP contribution is 2.54. The Bertz CT molecular complexity index is 446. The fourth-order valence-electron chi connectivity index (χ4n) is 2.78. The average molecular weight is 432 g/mol. The summed E-state index contributed by atoms with van der Waals surface area (Å²) in [4.78, 5) is 0. The van der Waals surface area contributed by atoms with E-state index in [4.69, 9.17) is 9.47 Å². The number of hydrogen-bond donors (Lipinski definition) is 0. The molecule has 1 aliphatic heterocycles. The van der Waals surface area contributed by atoms with Gasteiger partial charge < -0.3 is 9.47 Å². The van der Waals surface area contributed by atoms with Crippen LogP contribution in [-0.2, 0) is 9.47 Å². The molecule has 1 saturated heterocycles. The van der Waals surface area contributed by atoms with Gasteiger partial charge in [0.05, 0.1) is 0 Å². The van der Waals surface area contributed by atoms with Crippen molar-refractivity contribution in [2.75, 3.05) is 13.2 Å². The van der Waals surface area contributed by atoms with Crippen LogP contribution in [0.1, 0.15) is 64.2 Å². The van der Waals surface area contributed by atoms with Gasteiger partial charge in [-0.2, -0.15) is 39.5 Å². The van der Waals surface area contributed by atoms with Crippen molar-refractivity contribution < 1.29 is 49.0 Å². The Balaban J connectivity index is 2.20. The van der Waals surface area contributed by atoms with Crippen molar-refractivity contribution in [3.8, 4) is 0 Å². The smallest absolute Gasteiger partial charge is 0.353 e. The molecule has 1 fully saturated rings. The quantitative estimate of drug-likeness (QED) is 0.252. The molecule has 11 heteroatoms. The van der Waals surface area contributed by atoms with Crippen LogP contribution in [0.4, 0.5) is 39.5 Å². The van der Waals surface area contributed by atoms with Gasteiger partial charge >= 0.3 is 23.9 Å². The molecule has 28 heavy (non-hydrogen) atoms. The van der Waals surface area contributed by atoms with Crippen molar-refractivity contribution in [2.45, 2.75) is 94.4 Å². The Morgan fingerprint density at radius 1 is 0.714 bits per heavy atom. The first kappa shape index (κ1) is 25.3. The zero-order valence-corrected chi connectivity index (χ0v) is 15.3. The minimum Gasteiger partial charge on any atom is -0.353 e. The summed E-state index contributed by atoms with van der Waals surface area (Å²) < 4.78 is 125. The number of rotatable bonds is 12. The van der Waals surface area contributed by atoms with E-state index in [1.54, 1.807) is 0 Å². The van der Waals surface area contributed by atoms with E-state index in [-0.39, 0.29) is 12.7 Å². The molecule has 1 rings (SSSR count). The highest BCUT2D eigenvalue weighted by atomic mass is 19.4. The lowest BCUT2D eigenvalue weighted by atomic mass is 9.98. The van der Waals surface area contributed by atoms with E-state index in [1.165, 1.54) is 0 Å². The lowest BCUT2D eigenvalue weighted by Crippen LogP contribution is -2.60. The molecule has 0 spiro atoms. The Hall–Kier alpha value is -0.710. The predicted molar refractivity (Wildman–Crippen MR) is 82.8 cm³/mol. The molecule has 0 aliphatic carbocycles. The van der Waals surface area contributed by atoms with Crippen LogP contribution in [0, 0.1) is 0 Å². The maximum atomic E-state index is 13.3. The Labute approximate surface area is 157 Å². The summed E-state index contributed by atoms with van der Waals surface area (Å²) in [5.74, 6) is -18.8. The van der Waals surface area contributed by atoms with Crippen LogP contribution >= 0.6 is 0 Å². The van der Waals surface area contributed by atoms with Gasteiger partial charge in [-0.15, -0.1) is 0 Å². The van der Waals surface area contributed by atoms with Crippen LogP contribution in [0.2, 0.25) is 0 Å². The van der Waals surface area contributed by atoms with Gasteiger partial charge in [-0.05, 0) is 32.1 Å². The van der Waals surface area contributed by atoms with Crippen LogP contribution in [-0.4, -0.2) is 43.4 Å². The van der Waals surface area contributed by atoms with Crippen LogP contribution in [0.25, 0.3) is 0 Å². The third kappa shape index (κ3) is 6.67. The average Bonchev–Trinajstić information content (AvgIpc) is 2.59. The van der Waals surface area contributed by atoms with E-state index in [1.807, 2.05) is 0 Å². The van der Waals surface area contributed by atoms with E-state index in [9.17, 15) is 39.5 Å². The van der Waals surface area contributed by atoms with Gasteiger partial charge in [-0.1, -0.05) is 25.7 Å². The Morgan fingerprint density at radius 3 is 1.82 bits per heavy atom. The third-order valence-corrected chi connectivity index (χ3v) is 4.54. The van der Waals surface area contributed by atoms with Gasteiger partial charge in [-0.25, -0.2) is 0 Å². The lowest BCUT2D eigenvalue weighted by molar-refractivity contribution is -0.396. The fourth-order valence-corrected chi connectivity index (χ4v) is 2.78. The Kier molecular flexibility index (Phi) is 9.37. The lowest BCUT2D eigenvalue weighted by Gasteiger charge is -2.33. The van der Waals surface area contributed by atoms with Gasteiger partial charge in [0.1, 0.15) is 0 Å². The molecule has 1 heterocycles. The van der Waals surface area contributed by atoms with Crippen LogP contribution in [0.5, 0.6) is 0 Å². The highest BCUT2D eigenvalue weighted by Gasteiger charge is 2.81. The van der Waals surface area contributed by atoms with Gasteiger partial charge in [0, 0.05) is 19.6 Å². The summed E-state index contributed by atoms with van der Waals surface area (Å²) in [6.45, 7) is 1.12. The van der Waals surface area contributed by atoms with Crippen molar-refractivity contribution in [1.29, 1.82) is 0 Å². The molecule has 0 bridgehead atoms. The summed E-state index contributed by atoms with van der Waals surface area (Å²) in [6, 6.07) is 0. The normalized spacial score (nSPS) is 19.8. The second-order valence-corrected chi connectivity index (χ2v) is 6.89. The molecule has 0 aromatic rings. The first-order valence-electron chi connectivity index (χ1n) is 9.26. The number of halogens is 9. The topological polar surface area (TPSA) is 18.5 Å². The molecule has 0 amide bonds. The molecule has 1 atom stereocenters. The second-order valence-electron chi connectivity index (χ2n) is 6.89. The molecule has 1 aliphatic rings. The standard InChI is InChI=1S/C17H25F9O2/c18-14(19,15(20,21)16(22,23)17(24,25)26)10-6-3-1-2-4-7-11-27-13-9-5-8-12-28-13/h13H,1-12H2. The van der Waals surface area contributed by atoms with Crippen LogP contribution in [0.3, 0.4) is 0 Å². The molecule has 0 aromatic carbocycles. The molecular formula is C17H25F9O2. The van der Waals surface area contributed by atoms with E-state index >= 15 is 0 Å². The SMILES string of the molecule is FC(F)(F)C(F)(F)C(F)(F)C(F)(F)CCCCCCCCOC1CCCCO1. The summed E-state index contributed by atoms with van der Waals surface area (Å²) in [7, 11) is 0. The Morgan fingerprint density at radius 2 is 1.29 bits per heavy atom. The maximum absolute atomic E-state index is 13.3. The van der Waals surface area contributed by atoms with Crippen molar-refractivity contribution in [3.63, 3.8) is 0 Å². The summed E-state index contributed by atoms with van der Waals surface area (Å²) >= 11 is 0. The highest BCUT2D eigenvalue weighted by molar-refractivity contribution is 5.00. The number of unbranched alkanes of at least 4 members (excludes halogenated alkanes) is 5. The summed E-state index contributed by atoms with van der Waals surface area (Å²) in [5, 5.41) is 0. The zero-order valence-electron chi connectivity index (χ0n) is 15.3. The molecule has 0 N–H and O–H groups in total. The minimum atomic E-state index is -6.80.